The highest BCUT2D eigenvalue weighted by Gasteiger charge is 2.24. The Morgan fingerprint density at radius 2 is 1.94 bits per heavy atom. The Kier molecular flexibility index (Phi) is 7.07. The van der Waals surface area contributed by atoms with Gasteiger partial charge in [-0.3, -0.25) is 9.59 Å². The standard InChI is InChI=1S/C25H30N2O4/c28-24-13-10-20-16-22(11-12-23(20)26-24)30-15-5-9-25(29)27-14-4-6-19(17-27)18-31-21-7-2-1-3-8-21/h1-3,7-8,11-12,16,19H,4-6,9-10,13-15,17-18H2,(H,26,28). The van der Waals surface area contributed by atoms with Crippen LogP contribution in [0.15, 0.2) is 48.5 Å². The lowest BCUT2D eigenvalue weighted by Gasteiger charge is -2.32. The number of amides is 2. The normalized spacial score (nSPS) is 18.1. The number of hydrogen-bond donors (Lipinski definition) is 1. The van der Waals surface area contributed by atoms with E-state index < -0.39 is 0 Å². The molecule has 0 saturated carbocycles. The number of anilines is 1. The fourth-order valence-electron chi connectivity index (χ4n) is 4.18. The third-order valence-corrected chi connectivity index (χ3v) is 5.88. The first-order valence-corrected chi connectivity index (χ1v) is 11.2. The molecule has 0 aromatic heterocycles. The molecule has 2 heterocycles. The van der Waals surface area contributed by atoms with E-state index in [1.165, 1.54) is 0 Å². The summed E-state index contributed by atoms with van der Waals surface area (Å²) >= 11 is 0. The lowest BCUT2D eigenvalue weighted by atomic mass is 9.98. The van der Waals surface area contributed by atoms with Gasteiger partial charge in [-0.25, -0.2) is 0 Å². The van der Waals surface area contributed by atoms with Crippen molar-refractivity contribution in [1.29, 1.82) is 0 Å². The lowest BCUT2D eigenvalue weighted by Crippen LogP contribution is -2.41. The summed E-state index contributed by atoms with van der Waals surface area (Å²) in [4.78, 5) is 26.1. The number of nitrogens with one attached hydrogen (secondary N) is 1. The predicted octanol–water partition coefficient (Wildman–Crippen LogP) is 4.05. The average molecular weight is 423 g/mol. The lowest BCUT2D eigenvalue weighted by molar-refractivity contribution is -0.133. The summed E-state index contributed by atoms with van der Waals surface area (Å²) in [5.41, 5.74) is 1.97. The highest BCUT2D eigenvalue weighted by Crippen LogP contribution is 2.27. The maximum Gasteiger partial charge on any atom is 0.224 e. The van der Waals surface area contributed by atoms with Crippen molar-refractivity contribution in [3.8, 4) is 11.5 Å². The molecule has 1 saturated heterocycles. The Hall–Kier alpha value is -3.02. The third-order valence-electron chi connectivity index (χ3n) is 5.88. The molecular weight excluding hydrogens is 392 g/mol. The van der Waals surface area contributed by atoms with Crippen molar-refractivity contribution in [2.24, 2.45) is 5.92 Å². The number of fused-ring (bicyclic) bond motifs is 1. The zero-order valence-corrected chi connectivity index (χ0v) is 17.8. The highest BCUT2D eigenvalue weighted by molar-refractivity contribution is 5.94. The minimum absolute atomic E-state index is 0.0614. The fraction of sp³-hybridized carbons (Fsp3) is 0.440. The monoisotopic (exact) mass is 422 g/mol. The van der Waals surface area contributed by atoms with Crippen LogP contribution in [0.2, 0.25) is 0 Å². The summed E-state index contributed by atoms with van der Waals surface area (Å²) < 4.78 is 11.7. The van der Waals surface area contributed by atoms with Crippen molar-refractivity contribution in [2.75, 3.05) is 31.6 Å². The Morgan fingerprint density at radius 1 is 1.06 bits per heavy atom. The van der Waals surface area contributed by atoms with Crippen LogP contribution in [0.1, 0.15) is 37.7 Å². The number of hydrogen-bond acceptors (Lipinski definition) is 4. The molecule has 1 unspecified atom stereocenters. The molecule has 164 valence electrons. The quantitative estimate of drug-likeness (QED) is 0.652. The maximum atomic E-state index is 12.6. The van der Waals surface area contributed by atoms with Crippen molar-refractivity contribution >= 4 is 17.5 Å². The average Bonchev–Trinajstić information content (AvgIpc) is 2.81. The minimum Gasteiger partial charge on any atom is -0.494 e. The number of para-hydroxylation sites is 1. The molecule has 1 N–H and O–H groups in total. The topological polar surface area (TPSA) is 67.9 Å². The zero-order chi connectivity index (χ0) is 21.5. The van der Waals surface area contributed by atoms with Crippen molar-refractivity contribution in [1.82, 2.24) is 4.90 Å². The smallest absolute Gasteiger partial charge is 0.224 e. The van der Waals surface area contributed by atoms with Gasteiger partial charge >= 0.3 is 0 Å². The van der Waals surface area contributed by atoms with Gasteiger partial charge in [0.25, 0.3) is 0 Å². The van der Waals surface area contributed by atoms with Gasteiger partial charge in [0.2, 0.25) is 11.8 Å². The van der Waals surface area contributed by atoms with Crippen molar-refractivity contribution < 1.29 is 19.1 Å². The van der Waals surface area contributed by atoms with Crippen molar-refractivity contribution in [3.05, 3.63) is 54.1 Å². The number of piperidine rings is 1. The molecular formula is C25H30N2O4. The van der Waals surface area contributed by atoms with Gasteiger partial charge in [0.1, 0.15) is 11.5 Å². The summed E-state index contributed by atoms with van der Waals surface area (Å²) in [6, 6.07) is 15.6. The predicted molar refractivity (Wildman–Crippen MR) is 119 cm³/mol. The number of nitrogens with zero attached hydrogens (tertiary/aromatic N) is 1. The molecule has 0 radical (unpaired) electrons. The number of carbonyl (C=O) groups is 2. The molecule has 31 heavy (non-hydrogen) atoms. The summed E-state index contributed by atoms with van der Waals surface area (Å²) in [6.45, 7) is 2.75. The van der Waals surface area contributed by atoms with Gasteiger partial charge in [-0.2, -0.15) is 0 Å². The third kappa shape index (κ3) is 6.00. The van der Waals surface area contributed by atoms with E-state index in [1.54, 1.807) is 0 Å². The molecule has 1 atom stereocenters. The number of likely N-dealkylation sites (tertiary alicyclic amines) is 1. The molecule has 0 spiro atoms. The van der Waals surface area contributed by atoms with Crippen LogP contribution in [-0.2, 0) is 16.0 Å². The Bertz CT molecular complexity index is 900. The molecule has 2 aliphatic rings. The second-order valence-electron chi connectivity index (χ2n) is 8.29. The van der Waals surface area contributed by atoms with Gasteiger partial charge in [-0.1, -0.05) is 18.2 Å². The van der Waals surface area contributed by atoms with Gasteiger partial charge in [-0.15, -0.1) is 0 Å². The molecule has 1 fully saturated rings. The van der Waals surface area contributed by atoms with Crippen LogP contribution in [0.4, 0.5) is 5.69 Å². The molecule has 0 aliphatic carbocycles. The first kappa shape index (κ1) is 21.2. The number of ether oxygens (including phenoxy) is 2. The summed E-state index contributed by atoms with van der Waals surface area (Å²) in [5.74, 6) is 2.31. The van der Waals surface area contributed by atoms with E-state index in [4.69, 9.17) is 9.47 Å². The van der Waals surface area contributed by atoms with Crippen LogP contribution < -0.4 is 14.8 Å². The maximum absolute atomic E-state index is 12.6. The Balaban J connectivity index is 1.17. The van der Waals surface area contributed by atoms with E-state index in [1.807, 2.05) is 53.4 Å². The van der Waals surface area contributed by atoms with Crippen molar-refractivity contribution in [2.45, 2.75) is 38.5 Å². The highest BCUT2D eigenvalue weighted by atomic mass is 16.5. The first-order valence-electron chi connectivity index (χ1n) is 11.2. The zero-order valence-electron chi connectivity index (χ0n) is 17.8. The van der Waals surface area contributed by atoms with Crippen LogP contribution in [0, 0.1) is 5.92 Å². The summed E-state index contributed by atoms with van der Waals surface area (Å²) in [7, 11) is 0. The molecule has 0 bridgehead atoms. The molecule has 2 amide bonds. The van der Waals surface area contributed by atoms with Crippen molar-refractivity contribution in [3.63, 3.8) is 0 Å². The van der Waals surface area contributed by atoms with Crippen LogP contribution in [0.25, 0.3) is 0 Å². The van der Waals surface area contributed by atoms with E-state index in [9.17, 15) is 9.59 Å². The van der Waals surface area contributed by atoms with Gasteiger partial charge in [-0.05, 0) is 61.6 Å². The van der Waals surface area contributed by atoms with Crippen LogP contribution in [-0.4, -0.2) is 43.0 Å². The summed E-state index contributed by atoms with van der Waals surface area (Å²) in [6.07, 6.45) is 4.55. The van der Waals surface area contributed by atoms with Gasteiger partial charge in [0.05, 0.1) is 13.2 Å². The molecule has 2 aromatic rings. The fourth-order valence-corrected chi connectivity index (χ4v) is 4.18. The van der Waals surface area contributed by atoms with E-state index in [2.05, 4.69) is 5.32 Å². The minimum atomic E-state index is 0.0614. The van der Waals surface area contributed by atoms with E-state index in [0.29, 0.717) is 38.4 Å². The summed E-state index contributed by atoms with van der Waals surface area (Å²) in [5, 5.41) is 2.87. The van der Waals surface area contributed by atoms with E-state index in [-0.39, 0.29) is 11.8 Å². The second kappa shape index (κ2) is 10.3. The molecule has 2 aromatic carbocycles. The van der Waals surface area contributed by atoms with Crippen LogP contribution >= 0.6 is 0 Å². The molecule has 2 aliphatic heterocycles. The molecule has 4 rings (SSSR count). The number of carbonyl (C=O) groups excluding carboxylic acids is 2. The SMILES string of the molecule is O=C1CCc2cc(OCCCC(=O)N3CCCC(COc4ccccc4)C3)ccc2N1. The van der Waals surface area contributed by atoms with Gasteiger partial charge < -0.3 is 19.7 Å². The van der Waals surface area contributed by atoms with Gasteiger partial charge in [0.15, 0.2) is 0 Å². The number of aryl methyl sites for hydroxylation is 1. The molecule has 6 nitrogen and oxygen atoms in total. The Morgan fingerprint density at radius 3 is 2.81 bits per heavy atom. The van der Waals surface area contributed by atoms with Crippen LogP contribution in [0.5, 0.6) is 11.5 Å². The second-order valence-corrected chi connectivity index (χ2v) is 8.29. The molecule has 6 heteroatoms. The van der Waals surface area contributed by atoms with Crippen LogP contribution in [0.3, 0.4) is 0 Å². The van der Waals surface area contributed by atoms with Gasteiger partial charge in [0, 0.05) is 37.5 Å². The number of benzene rings is 2. The van der Waals surface area contributed by atoms with E-state index in [0.717, 1.165) is 55.1 Å². The first-order chi connectivity index (χ1) is 15.2. The Labute approximate surface area is 183 Å². The number of rotatable bonds is 8. The van der Waals surface area contributed by atoms with E-state index >= 15 is 0 Å². The largest absolute Gasteiger partial charge is 0.494 e.